The highest BCUT2D eigenvalue weighted by Crippen LogP contribution is 2.21. The van der Waals surface area contributed by atoms with Gasteiger partial charge in [-0.1, -0.05) is 24.3 Å². The monoisotopic (exact) mass is 257 g/mol. The van der Waals surface area contributed by atoms with E-state index in [2.05, 4.69) is 5.32 Å². The maximum Gasteiger partial charge on any atom is 0.282 e. The molecule has 96 valence electrons. The molecule has 0 fully saturated rings. The molecule has 2 rings (SSSR count). The van der Waals surface area contributed by atoms with Crippen molar-refractivity contribution >= 4 is 23.0 Å². The van der Waals surface area contributed by atoms with Crippen molar-refractivity contribution in [3.05, 3.63) is 64.2 Å². The van der Waals surface area contributed by atoms with Gasteiger partial charge in [0.15, 0.2) is 0 Å². The fourth-order valence-corrected chi connectivity index (χ4v) is 1.63. The molecule has 0 aliphatic heterocycles. The van der Waals surface area contributed by atoms with E-state index in [9.17, 15) is 14.9 Å². The van der Waals surface area contributed by atoms with Crippen molar-refractivity contribution in [3.8, 4) is 0 Å². The number of carbonyl (C=O) groups is 1. The van der Waals surface area contributed by atoms with Crippen LogP contribution in [0, 0.1) is 10.1 Å². The summed E-state index contributed by atoms with van der Waals surface area (Å²) in [6, 6.07) is 12.5. The van der Waals surface area contributed by atoms with E-state index in [0.717, 1.165) is 0 Å². The van der Waals surface area contributed by atoms with Gasteiger partial charge < -0.3 is 11.1 Å². The van der Waals surface area contributed by atoms with E-state index in [1.807, 2.05) is 0 Å². The van der Waals surface area contributed by atoms with Gasteiger partial charge in [-0.25, -0.2) is 0 Å². The molecule has 0 heterocycles. The third-order valence-electron chi connectivity index (χ3n) is 2.55. The standard InChI is InChI=1S/C13H11N3O3/c14-10-6-2-3-7-11(10)15-13(17)9-5-1-4-8-12(9)16(18)19/h1-8H,14H2,(H,15,17). The first-order chi connectivity index (χ1) is 9.09. The second kappa shape index (κ2) is 5.18. The molecule has 0 bridgehead atoms. The Hall–Kier alpha value is -2.89. The summed E-state index contributed by atoms with van der Waals surface area (Å²) in [5.74, 6) is -0.565. The zero-order valence-corrected chi connectivity index (χ0v) is 9.87. The van der Waals surface area contributed by atoms with Crippen LogP contribution >= 0.6 is 0 Å². The molecule has 3 N–H and O–H groups in total. The van der Waals surface area contributed by atoms with Crippen molar-refractivity contribution < 1.29 is 9.72 Å². The van der Waals surface area contributed by atoms with Crippen LogP contribution in [-0.4, -0.2) is 10.8 Å². The van der Waals surface area contributed by atoms with E-state index in [0.29, 0.717) is 11.4 Å². The number of nitrogens with two attached hydrogens (primary N) is 1. The van der Waals surface area contributed by atoms with Crippen LogP contribution in [0.5, 0.6) is 0 Å². The van der Waals surface area contributed by atoms with Crippen LogP contribution in [0.1, 0.15) is 10.4 Å². The van der Waals surface area contributed by atoms with Crippen LogP contribution in [0.3, 0.4) is 0 Å². The Labute approximate surface area is 109 Å². The normalized spacial score (nSPS) is 9.89. The van der Waals surface area contributed by atoms with Crippen molar-refractivity contribution in [2.45, 2.75) is 0 Å². The quantitative estimate of drug-likeness (QED) is 0.501. The third kappa shape index (κ3) is 2.68. The zero-order chi connectivity index (χ0) is 13.8. The number of rotatable bonds is 3. The third-order valence-corrected chi connectivity index (χ3v) is 2.55. The summed E-state index contributed by atoms with van der Waals surface area (Å²) < 4.78 is 0. The van der Waals surface area contributed by atoms with Crippen molar-refractivity contribution in [1.82, 2.24) is 0 Å². The predicted molar refractivity (Wildman–Crippen MR) is 71.9 cm³/mol. The topological polar surface area (TPSA) is 98.3 Å². The van der Waals surface area contributed by atoms with Crippen LogP contribution in [0.25, 0.3) is 0 Å². The number of nitrogens with one attached hydrogen (secondary N) is 1. The van der Waals surface area contributed by atoms with Gasteiger partial charge in [0, 0.05) is 6.07 Å². The lowest BCUT2D eigenvalue weighted by molar-refractivity contribution is -0.385. The Balaban J connectivity index is 2.31. The smallest absolute Gasteiger partial charge is 0.282 e. The first-order valence-electron chi connectivity index (χ1n) is 5.49. The highest BCUT2D eigenvalue weighted by molar-refractivity contribution is 6.08. The first kappa shape index (κ1) is 12.6. The maximum atomic E-state index is 12.0. The largest absolute Gasteiger partial charge is 0.397 e. The molecular weight excluding hydrogens is 246 g/mol. The Kier molecular flexibility index (Phi) is 3.42. The Morgan fingerprint density at radius 2 is 1.74 bits per heavy atom. The highest BCUT2D eigenvalue weighted by Gasteiger charge is 2.19. The van der Waals surface area contributed by atoms with Crippen molar-refractivity contribution in [2.24, 2.45) is 0 Å². The summed E-state index contributed by atoms with van der Waals surface area (Å²) >= 11 is 0. The Bertz CT molecular complexity index is 641. The second-order valence-electron chi connectivity index (χ2n) is 3.82. The van der Waals surface area contributed by atoms with Gasteiger partial charge in [-0.15, -0.1) is 0 Å². The van der Waals surface area contributed by atoms with E-state index in [1.165, 1.54) is 18.2 Å². The first-order valence-corrected chi connectivity index (χ1v) is 5.49. The van der Waals surface area contributed by atoms with Gasteiger partial charge in [0.2, 0.25) is 0 Å². The number of nitro benzene ring substituents is 1. The van der Waals surface area contributed by atoms with Gasteiger partial charge in [0.1, 0.15) is 5.56 Å². The van der Waals surface area contributed by atoms with Crippen LogP contribution in [0.2, 0.25) is 0 Å². The molecule has 0 unspecified atom stereocenters. The number of nitro groups is 1. The molecule has 0 atom stereocenters. The molecule has 0 saturated carbocycles. The van der Waals surface area contributed by atoms with E-state index in [4.69, 9.17) is 5.73 Å². The SMILES string of the molecule is Nc1ccccc1NC(=O)c1ccccc1[N+](=O)[O-]. The summed E-state index contributed by atoms with van der Waals surface area (Å²) in [6.45, 7) is 0. The molecule has 0 saturated heterocycles. The van der Waals surface area contributed by atoms with Gasteiger partial charge >= 0.3 is 0 Å². The van der Waals surface area contributed by atoms with E-state index in [1.54, 1.807) is 30.3 Å². The molecule has 0 aromatic heterocycles. The lowest BCUT2D eigenvalue weighted by atomic mass is 10.1. The minimum Gasteiger partial charge on any atom is -0.397 e. The number of anilines is 2. The molecule has 0 aliphatic carbocycles. The number of nitrogens with zero attached hydrogens (tertiary/aromatic N) is 1. The molecule has 0 spiro atoms. The minimum atomic E-state index is -0.594. The fourth-order valence-electron chi connectivity index (χ4n) is 1.63. The molecule has 0 radical (unpaired) electrons. The molecule has 2 aromatic rings. The van der Waals surface area contributed by atoms with E-state index >= 15 is 0 Å². The summed E-state index contributed by atoms with van der Waals surface area (Å²) in [6.07, 6.45) is 0. The second-order valence-corrected chi connectivity index (χ2v) is 3.82. The molecule has 1 amide bonds. The van der Waals surface area contributed by atoms with E-state index < -0.39 is 10.8 Å². The number of hydrogen-bond donors (Lipinski definition) is 2. The van der Waals surface area contributed by atoms with Gasteiger partial charge in [-0.3, -0.25) is 14.9 Å². The molecular formula is C13H11N3O3. The average Bonchev–Trinajstić information content (AvgIpc) is 2.41. The van der Waals surface area contributed by atoms with Gasteiger partial charge in [0.05, 0.1) is 16.3 Å². The number of hydrogen-bond acceptors (Lipinski definition) is 4. The number of amides is 1. The highest BCUT2D eigenvalue weighted by atomic mass is 16.6. The van der Waals surface area contributed by atoms with Crippen molar-refractivity contribution in [1.29, 1.82) is 0 Å². The molecule has 6 heteroatoms. The molecule has 6 nitrogen and oxygen atoms in total. The Morgan fingerprint density at radius 1 is 1.11 bits per heavy atom. The summed E-state index contributed by atoms with van der Waals surface area (Å²) in [5, 5.41) is 13.4. The molecule has 2 aromatic carbocycles. The number of nitrogen functional groups attached to an aromatic ring is 1. The van der Waals surface area contributed by atoms with Gasteiger partial charge in [-0.2, -0.15) is 0 Å². The van der Waals surface area contributed by atoms with Crippen LogP contribution in [0.4, 0.5) is 17.1 Å². The van der Waals surface area contributed by atoms with Crippen LogP contribution in [-0.2, 0) is 0 Å². The van der Waals surface area contributed by atoms with Crippen molar-refractivity contribution in [2.75, 3.05) is 11.1 Å². The molecule has 0 aliphatic rings. The predicted octanol–water partition coefficient (Wildman–Crippen LogP) is 2.43. The zero-order valence-electron chi connectivity index (χ0n) is 9.87. The van der Waals surface area contributed by atoms with Crippen molar-refractivity contribution in [3.63, 3.8) is 0 Å². The average molecular weight is 257 g/mol. The summed E-state index contributed by atoms with van der Waals surface area (Å²) in [4.78, 5) is 22.3. The minimum absolute atomic E-state index is 0.00393. The van der Waals surface area contributed by atoms with Gasteiger partial charge in [-0.05, 0) is 18.2 Å². The lowest BCUT2D eigenvalue weighted by Crippen LogP contribution is -2.14. The summed E-state index contributed by atoms with van der Waals surface area (Å²) in [5.41, 5.74) is 6.27. The number of carbonyl (C=O) groups excluding carboxylic acids is 1. The number of para-hydroxylation sites is 3. The maximum absolute atomic E-state index is 12.0. The lowest BCUT2D eigenvalue weighted by Gasteiger charge is -2.07. The van der Waals surface area contributed by atoms with Crippen LogP contribution in [0.15, 0.2) is 48.5 Å². The van der Waals surface area contributed by atoms with Gasteiger partial charge in [0.25, 0.3) is 11.6 Å². The Morgan fingerprint density at radius 3 is 2.42 bits per heavy atom. The summed E-state index contributed by atoms with van der Waals surface area (Å²) in [7, 11) is 0. The molecule has 19 heavy (non-hydrogen) atoms. The van der Waals surface area contributed by atoms with Crippen LogP contribution < -0.4 is 11.1 Å². The number of benzene rings is 2. The fraction of sp³-hybridized carbons (Fsp3) is 0. The van der Waals surface area contributed by atoms with E-state index in [-0.39, 0.29) is 11.3 Å².